The molecule has 0 unspecified atom stereocenters. The van der Waals surface area contributed by atoms with Crippen LogP contribution in [0.5, 0.6) is 5.75 Å². The Balaban J connectivity index is 1.91. The van der Waals surface area contributed by atoms with Crippen molar-refractivity contribution >= 4 is 5.69 Å². The molecule has 0 aromatic heterocycles. The maximum Gasteiger partial charge on any atom is 0.119 e. The predicted octanol–water partition coefficient (Wildman–Crippen LogP) is 1.80. The fraction of sp³-hybridized carbons (Fsp3) is 0.538. The minimum Gasteiger partial charge on any atom is -0.497 e. The van der Waals surface area contributed by atoms with Gasteiger partial charge in [0.2, 0.25) is 0 Å². The lowest BCUT2D eigenvalue weighted by Crippen LogP contribution is -2.35. The van der Waals surface area contributed by atoms with Crippen LogP contribution in [0.3, 0.4) is 0 Å². The SMILES string of the molecule is COc1ccc(N2CCC(CON)CC2)cc1. The molecular weight excluding hydrogens is 216 g/mol. The molecule has 17 heavy (non-hydrogen) atoms. The van der Waals surface area contributed by atoms with Crippen LogP contribution >= 0.6 is 0 Å². The van der Waals surface area contributed by atoms with E-state index in [2.05, 4.69) is 17.0 Å². The second kappa shape index (κ2) is 5.89. The average molecular weight is 236 g/mol. The maximum atomic E-state index is 5.16. The van der Waals surface area contributed by atoms with E-state index < -0.39 is 0 Å². The van der Waals surface area contributed by atoms with E-state index in [1.807, 2.05) is 12.1 Å². The number of nitrogens with two attached hydrogens (primary N) is 1. The van der Waals surface area contributed by atoms with E-state index >= 15 is 0 Å². The first-order chi connectivity index (χ1) is 8.33. The molecule has 2 rings (SSSR count). The molecule has 4 heteroatoms. The van der Waals surface area contributed by atoms with Crippen molar-refractivity contribution in [2.45, 2.75) is 12.8 Å². The number of benzene rings is 1. The Kier molecular flexibility index (Phi) is 4.23. The van der Waals surface area contributed by atoms with E-state index in [0.717, 1.165) is 31.7 Å². The average Bonchev–Trinajstić information content (AvgIpc) is 2.40. The molecule has 0 amide bonds. The van der Waals surface area contributed by atoms with Crippen molar-refractivity contribution in [1.29, 1.82) is 0 Å². The first-order valence-electron chi connectivity index (χ1n) is 6.04. The highest BCUT2D eigenvalue weighted by atomic mass is 16.6. The Bertz CT molecular complexity index is 332. The highest BCUT2D eigenvalue weighted by molar-refractivity contribution is 5.49. The van der Waals surface area contributed by atoms with Crippen LogP contribution in [0.2, 0.25) is 0 Å². The summed E-state index contributed by atoms with van der Waals surface area (Å²) in [7, 11) is 1.69. The zero-order valence-corrected chi connectivity index (χ0v) is 10.3. The van der Waals surface area contributed by atoms with Gasteiger partial charge < -0.3 is 14.5 Å². The summed E-state index contributed by atoms with van der Waals surface area (Å²) in [5.74, 6) is 6.62. The Morgan fingerprint density at radius 3 is 2.41 bits per heavy atom. The molecule has 0 bridgehead atoms. The van der Waals surface area contributed by atoms with Crippen molar-refractivity contribution in [3.05, 3.63) is 24.3 Å². The van der Waals surface area contributed by atoms with Crippen LogP contribution in [0.15, 0.2) is 24.3 Å². The molecule has 4 nitrogen and oxygen atoms in total. The standard InChI is InChI=1S/C13H20N2O2/c1-16-13-4-2-12(3-5-13)15-8-6-11(7-9-15)10-17-14/h2-5,11H,6-10,14H2,1H3. The van der Waals surface area contributed by atoms with Crippen LogP contribution in [-0.2, 0) is 4.84 Å². The normalized spacial score (nSPS) is 17.2. The van der Waals surface area contributed by atoms with Gasteiger partial charge in [-0.15, -0.1) is 0 Å². The molecule has 94 valence electrons. The number of methoxy groups -OCH3 is 1. The second-order valence-corrected chi connectivity index (χ2v) is 4.46. The van der Waals surface area contributed by atoms with E-state index in [0.29, 0.717) is 12.5 Å². The van der Waals surface area contributed by atoms with Gasteiger partial charge in [-0.25, -0.2) is 5.90 Å². The van der Waals surface area contributed by atoms with Crippen LogP contribution in [0.25, 0.3) is 0 Å². The molecule has 0 radical (unpaired) electrons. The Hall–Kier alpha value is -1.26. The molecule has 0 aliphatic carbocycles. The monoisotopic (exact) mass is 236 g/mol. The van der Waals surface area contributed by atoms with Gasteiger partial charge in [-0.1, -0.05) is 0 Å². The van der Waals surface area contributed by atoms with E-state index in [9.17, 15) is 0 Å². The molecule has 0 saturated carbocycles. The number of hydrogen-bond acceptors (Lipinski definition) is 4. The third-order valence-corrected chi connectivity index (χ3v) is 3.38. The van der Waals surface area contributed by atoms with Crippen molar-refractivity contribution < 1.29 is 9.57 Å². The lowest BCUT2D eigenvalue weighted by Gasteiger charge is -2.33. The van der Waals surface area contributed by atoms with Crippen molar-refractivity contribution in [3.8, 4) is 5.75 Å². The fourth-order valence-corrected chi connectivity index (χ4v) is 2.29. The minimum absolute atomic E-state index is 0.606. The van der Waals surface area contributed by atoms with Gasteiger partial charge in [-0.05, 0) is 43.0 Å². The molecule has 1 heterocycles. The number of hydrogen-bond donors (Lipinski definition) is 1. The molecular formula is C13H20N2O2. The highest BCUT2D eigenvalue weighted by Gasteiger charge is 2.19. The molecule has 0 spiro atoms. The van der Waals surface area contributed by atoms with E-state index in [-0.39, 0.29) is 0 Å². The summed E-state index contributed by atoms with van der Waals surface area (Å²) in [4.78, 5) is 7.11. The zero-order chi connectivity index (χ0) is 12.1. The summed E-state index contributed by atoms with van der Waals surface area (Å²) >= 11 is 0. The summed E-state index contributed by atoms with van der Waals surface area (Å²) in [6.07, 6.45) is 2.28. The van der Waals surface area contributed by atoms with Crippen LogP contribution in [-0.4, -0.2) is 26.8 Å². The number of nitrogens with zero attached hydrogens (tertiary/aromatic N) is 1. The molecule has 1 aromatic carbocycles. The van der Waals surface area contributed by atoms with Gasteiger partial charge in [0.05, 0.1) is 13.7 Å². The largest absolute Gasteiger partial charge is 0.497 e. The quantitative estimate of drug-likeness (QED) is 0.810. The molecule has 1 fully saturated rings. The third-order valence-electron chi connectivity index (χ3n) is 3.38. The van der Waals surface area contributed by atoms with Crippen molar-refractivity contribution in [2.24, 2.45) is 11.8 Å². The van der Waals surface area contributed by atoms with Gasteiger partial charge >= 0.3 is 0 Å². The van der Waals surface area contributed by atoms with Crippen LogP contribution < -0.4 is 15.5 Å². The molecule has 0 atom stereocenters. The predicted molar refractivity (Wildman–Crippen MR) is 68.1 cm³/mol. The van der Waals surface area contributed by atoms with E-state index in [1.165, 1.54) is 5.69 Å². The van der Waals surface area contributed by atoms with Gasteiger partial charge in [-0.2, -0.15) is 0 Å². The molecule has 1 saturated heterocycles. The Labute approximate surface area is 102 Å². The summed E-state index contributed by atoms with van der Waals surface area (Å²) in [5.41, 5.74) is 1.26. The Morgan fingerprint density at radius 1 is 1.24 bits per heavy atom. The first kappa shape index (κ1) is 12.2. The van der Waals surface area contributed by atoms with Crippen molar-refractivity contribution in [2.75, 3.05) is 31.7 Å². The lowest BCUT2D eigenvalue weighted by molar-refractivity contribution is 0.0918. The van der Waals surface area contributed by atoms with Gasteiger partial charge in [0, 0.05) is 18.8 Å². The van der Waals surface area contributed by atoms with E-state index in [1.54, 1.807) is 7.11 Å². The summed E-state index contributed by atoms with van der Waals surface area (Å²) < 4.78 is 5.16. The molecule has 1 aromatic rings. The molecule has 2 N–H and O–H groups in total. The number of piperidine rings is 1. The van der Waals surface area contributed by atoms with E-state index in [4.69, 9.17) is 15.5 Å². The van der Waals surface area contributed by atoms with Crippen LogP contribution in [0.4, 0.5) is 5.69 Å². The number of rotatable bonds is 4. The fourth-order valence-electron chi connectivity index (χ4n) is 2.29. The molecule has 1 aliphatic rings. The number of anilines is 1. The smallest absolute Gasteiger partial charge is 0.119 e. The second-order valence-electron chi connectivity index (χ2n) is 4.46. The third kappa shape index (κ3) is 3.11. The van der Waals surface area contributed by atoms with Crippen molar-refractivity contribution in [1.82, 2.24) is 0 Å². The van der Waals surface area contributed by atoms with Gasteiger partial charge in [0.15, 0.2) is 0 Å². The van der Waals surface area contributed by atoms with Crippen LogP contribution in [0.1, 0.15) is 12.8 Å². The zero-order valence-electron chi connectivity index (χ0n) is 10.3. The topological polar surface area (TPSA) is 47.7 Å². The van der Waals surface area contributed by atoms with Gasteiger partial charge in [-0.3, -0.25) is 0 Å². The van der Waals surface area contributed by atoms with Crippen molar-refractivity contribution in [3.63, 3.8) is 0 Å². The summed E-state index contributed by atoms with van der Waals surface area (Å²) in [6.45, 7) is 2.82. The number of ether oxygens (including phenoxy) is 1. The summed E-state index contributed by atoms with van der Waals surface area (Å²) in [6, 6.07) is 8.23. The van der Waals surface area contributed by atoms with Gasteiger partial charge in [0.25, 0.3) is 0 Å². The van der Waals surface area contributed by atoms with Gasteiger partial charge in [0.1, 0.15) is 5.75 Å². The lowest BCUT2D eigenvalue weighted by atomic mass is 9.97. The minimum atomic E-state index is 0.606. The summed E-state index contributed by atoms with van der Waals surface area (Å²) in [5, 5.41) is 0. The first-order valence-corrected chi connectivity index (χ1v) is 6.04. The Morgan fingerprint density at radius 2 is 1.88 bits per heavy atom. The molecule has 1 aliphatic heterocycles. The maximum absolute atomic E-state index is 5.16. The van der Waals surface area contributed by atoms with Crippen LogP contribution in [0, 0.1) is 5.92 Å². The highest BCUT2D eigenvalue weighted by Crippen LogP contribution is 2.24.